The Morgan fingerprint density at radius 3 is 2.43 bits per heavy atom. The van der Waals surface area contributed by atoms with Gasteiger partial charge >= 0.3 is 0 Å². The van der Waals surface area contributed by atoms with Gasteiger partial charge in [0.2, 0.25) is 5.91 Å². The second-order valence-corrected chi connectivity index (χ2v) is 8.51. The minimum Gasteiger partial charge on any atom is -0.341 e. The van der Waals surface area contributed by atoms with Crippen LogP contribution in [0.25, 0.3) is 21.3 Å². The van der Waals surface area contributed by atoms with Crippen LogP contribution in [0.3, 0.4) is 0 Å². The van der Waals surface area contributed by atoms with E-state index in [1.807, 2.05) is 67.6 Å². The zero-order valence-electron chi connectivity index (χ0n) is 17.0. The molecule has 2 aromatic heterocycles. The number of thiophene rings is 1. The SMILES string of the molecule is Cc1sc2ncn(CCC(=O)N(C)Cc3ccccc3)c(=O)c2c1-c1ccccc1. The van der Waals surface area contributed by atoms with E-state index in [1.54, 1.807) is 22.8 Å². The quantitative estimate of drug-likeness (QED) is 0.465. The third-order valence-corrected chi connectivity index (χ3v) is 6.19. The average Bonchev–Trinajstić information content (AvgIpc) is 3.11. The number of carbonyl (C=O) groups is 1. The molecule has 0 N–H and O–H groups in total. The molecule has 0 unspecified atom stereocenters. The van der Waals surface area contributed by atoms with E-state index in [0.717, 1.165) is 26.4 Å². The van der Waals surface area contributed by atoms with Crippen molar-refractivity contribution in [3.8, 4) is 11.1 Å². The maximum atomic E-state index is 13.2. The van der Waals surface area contributed by atoms with E-state index in [4.69, 9.17) is 0 Å². The monoisotopic (exact) mass is 417 g/mol. The molecular weight excluding hydrogens is 394 g/mol. The minimum atomic E-state index is -0.0956. The molecule has 0 aliphatic heterocycles. The summed E-state index contributed by atoms with van der Waals surface area (Å²) in [5, 5.41) is 0.635. The lowest BCUT2D eigenvalue weighted by Crippen LogP contribution is -2.29. The van der Waals surface area contributed by atoms with Gasteiger partial charge in [0.1, 0.15) is 4.83 Å². The molecule has 4 aromatic rings. The number of hydrogen-bond donors (Lipinski definition) is 0. The number of benzene rings is 2. The fourth-order valence-corrected chi connectivity index (χ4v) is 4.60. The Morgan fingerprint density at radius 1 is 1.07 bits per heavy atom. The maximum absolute atomic E-state index is 13.2. The van der Waals surface area contributed by atoms with Crippen LogP contribution in [0.2, 0.25) is 0 Å². The molecule has 0 fully saturated rings. The molecule has 152 valence electrons. The zero-order chi connectivity index (χ0) is 21.1. The standard InChI is InChI=1S/C24H23N3O2S/c1-17-21(19-11-7-4-8-12-19)22-23(30-17)25-16-27(24(22)29)14-13-20(28)26(2)15-18-9-5-3-6-10-18/h3-12,16H,13-15H2,1-2H3. The largest absolute Gasteiger partial charge is 0.341 e. The second-order valence-electron chi connectivity index (χ2n) is 7.31. The highest BCUT2D eigenvalue weighted by molar-refractivity contribution is 7.19. The van der Waals surface area contributed by atoms with Crippen LogP contribution >= 0.6 is 11.3 Å². The van der Waals surface area contributed by atoms with E-state index < -0.39 is 0 Å². The van der Waals surface area contributed by atoms with Gasteiger partial charge in [0.25, 0.3) is 5.56 Å². The highest BCUT2D eigenvalue weighted by Crippen LogP contribution is 2.35. The van der Waals surface area contributed by atoms with E-state index in [0.29, 0.717) is 18.5 Å². The first-order chi connectivity index (χ1) is 14.5. The molecule has 6 heteroatoms. The van der Waals surface area contributed by atoms with E-state index in [2.05, 4.69) is 4.98 Å². The fraction of sp³-hybridized carbons (Fsp3) is 0.208. The summed E-state index contributed by atoms with van der Waals surface area (Å²) in [6, 6.07) is 19.8. The lowest BCUT2D eigenvalue weighted by atomic mass is 10.0. The molecule has 0 atom stereocenters. The predicted molar refractivity (Wildman–Crippen MR) is 122 cm³/mol. The highest BCUT2D eigenvalue weighted by Gasteiger charge is 2.17. The fourth-order valence-electron chi connectivity index (χ4n) is 3.60. The number of carbonyl (C=O) groups excluding carboxylic acids is 1. The maximum Gasteiger partial charge on any atom is 0.262 e. The number of nitrogens with zero attached hydrogens (tertiary/aromatic N) is 3. The molecule has 0 aliphatic rings. The molecule has 0 saturated carbocycles. The van der Waals surface area contributed by atoms with Gasteiger partial charge in [-0.15, -0.1) is 11.3 Å². The number of aryl methyl sites for hydroxylation is 2. The van der Waals surface area contributed by atoms with Crippen molar-refractivity contribution < 1.29 is 4.79 Å². The highest BCUT2D eigenvalue weighted by atomic mass is 32.1. The van der Waals surface area contributed by atoms with Crippen LogP contribution in [0.5, 0.6) is 0 Å². The molecule has 2 aromatic carbocycles. The molecule has 2 heterocycles. The molecule has 0 saturated heterocycles. The van der Waals surface area contributed by atoms with Crippen molar-refractivity contribution in [1.82, 2.24) is 14.5 Å². The summed E-state index contributed by atoms with van der Waals surface area (Å²) in [7, 11) is 1.79. The molecule has 1 amide bonds. The van der Waals surface area contributed by atoms with Crippen molar-refractivity contribution in [2.24, 2.45) is 0 Å². The second kappa shape index (κ2) is 8.63. The van der Waals surface area contributed by atoms with Gasteiger partial charge in [0.05, 0.1) is 11.7 Å². The Balaban J connectivity index is 1.56. The van der Waals surface area contributed by atoms with Crippen LogP contribution in [-0.4, -0.2) is 27.4 Å². The summed E-state index contributed by atoms with van der Waals surface area (Å²) in [5.41, 5.74) is 2.93. The average molecular weight is 418 g/mol. The van der Waals surface area contributed by atoms with Crippen molar-refractivity contribution in [3.63, 3.8) is 0 Å². The van der Waals surface area contributed by atoms with Gasteiger partial charge in [-0.2, -0.15) is 0 Å². The van der Waals surface area contributed by atoms with Gasteiger partial charge in [-0.05, 0) is 18.1 Å². The summed E-state index contributed by atoms with van der Waals surface area (Å²) < 4.78 is 1.55. The summed E-state index contributed by atoms with van der Waals surface area (Å²) in [5.74, 6) is -0.00404. The van der Waals surface area contributed by atoms with Crippen LogP contribution in [0.15, 0.2) is 71.8 Å². The number of rotatable bonds is 6. The Bertz CT molecular complexity index is 1230. The first-order valence-corrected chi connectivity index (χ1v) is 10.7. The lowest BCUT2D eigenvalue weighted by molar-refractivity contribution is -0.130. The topological polar surface area (TPSA) is 55.2 Å². The molecule has 5 nitrogen and oxygen atoms in total. The molecular formula is C24H23N3O2S. The molecule has 30 heavy (non-hydrogen) atoms. The summed E-state index contributed by atoms with van der Waals surface area (Å²) in [6.45, 7) is 2.87. The molecule has 4 rings (SSSR count). The van der Waals surface area contributed by atoms with E-state index in [9.17, 15) is 9.59 Å². The van der Waals surface area contributed by atoms with Crippen LogP contribution < -0.4 is 5.56 Å². The molecule has 0 bridgehead atoms. The Labute approximate surface area is 179 Å². The first-order valence-electron chi connectivity index (χ1n) is 9.86. The molecule has 0 aliphatic carbocycles. The van der Waals surface area contributed by atoms with Gasteiger partial charge in [-0.1, -0.05) is 60.7 Å². The third-order valence-electron chi connectivity index (χ3n) is 5.17. The van der Waals surface area contributed by atoms with Gasteiger partial charge in [-0.3, -0.25) is 14.2 Å². The van der Waals surface area contributed by atoms with Crippen LogP contribution in [0, 0.1) is 6.92 Å². The third kappa shape index (κ3) is 4.04. The molecule has 0 spiro atoms. The summed E-state index contributed by atoms with van der Waals surface area (Å²) in [6.07, 6.45) is 1.81. The van der Waals surface area contributed by atoms with Gasteiger partial charge in [-0.25, -0.2) is 4.98 Å². The van der Waals surface area contributed by atoms with Crippen molar-refractivity contribution in [2.45, 2.75) is 26.4 Å². The van der Waals surface area contributed by atoms with Crippen molar-refractivity contribution >= 4 is 27.5 Å². The smallest absolute Gasteiger partial charge is 0.262 e. The van der Waals surface area contributed by atoms with E-state index >= 15 is 0 Å². The van der Waals surface area contributed by atoms with Crippen molar-refractivity contribution in [1.29, 1.82) is 0 Å². The lowest BCUT2D eigenvalue weighted by Gasteiger charge is -2.17. The van der Waals surface area contributed by atoms with Crippen LogP contribution in [-0.2, 0) is 17.9 Å². The number of aromatic nitrogens is 2. The van der Waals surface area contributed by atoms with E-state index in [1.165, 1.54) is 11.3 Å². The first kappa shape index (κ1) is 20.0. The molecule has 0 radical (unpaired) electrons. The van der Waals surface area contributed by atoms with Gasteiger partial charge < -0.3 is 4.90 Å². The van der Waals surface area contributed by atoms with Gasteiger partial charge in [0.15, 0.2) is 0 Å². The minimum absolute atomic E-state index is 0.00404. The van der Waals surface area contributed by atoms with Crippen molar-refractivity contribution in [3.05, 3.63) is 87.8 Å². The Hall–Kier alpha value is -3.25. The normalized spacial score (nSPS) is 11.0. The van der Waals surface area contributed by atoms with E-state index in [-0.39, 0.29) is 17.9 Å². The predicted octanol–water partition coefficient (Wildman–Crippen LogP) is 4.48. The zero-order valence-corrected chi connectivity index (χ0v) is 17.9. The van der Waals surface area contributed by atoms with Crippen LogP contribution in [0.1, 0.15) is 16.9 Å². The number of hydrogen-bond acceptors (Lipinski definition) is 4. The van der Waals surface area contributed by atoms with Crippen LogP contribution in [0.4, 0.5) is 0 Å². The number of amides is 1. The summed E-state index contributed by atoms with van der Waals surface area (Å²) in [4.78, 5) is 33.8. The Morgan fingerprint density at radius 2 is 1.73 bits per heavy atom. The van der Waals surface area contributed by atoms with Gasteiger partial charge in [0, 0.05) is 37.0 Å². The van der Waals surface area contributed by atoms with Crippen molar-refractivity contribution in [2.75, 3.05) is 7.05 Å². The summed E-state index contributed by atoms with van der Waals surface area (Å²) >= 11 is 1.53. The Kier molecular flexibility index (Phi) is 5.77. The number of fused-ring (bicyclic) bond motifs is 1.